The molecule has 4 heteroatoms. The second-order valence-corrected chi connectivity index (χ2v) is 9.39. The molecule has 0 unspecified atom stereocenters. The first kappa shape index (κ1) is 16.7. The van der Waals surface area contributed by atoms with Crippen molar-refractivity contribution in [3.63, 3.8) is 0 Å². The van der Waals surface area contributed by atoms with Gasteiger partial charge in [-0.25, -0.2) is 0 Å². The van der Waals surface area contributed by atoms with Crippen LogP contribution in [0.5, 0.6) is 0 Å². The van der Waals surface area contributed by atoms with Gasteiger partial charge in [0.25, 0.3) is 0 Å². The van der Waals surface area contributed by atoms with Gasteiger partial charge in [-0.15, -0.1) is 0 Å². The lowest BCUT2D eigenvalue weighted by molar-refractivity contribution is -0.197. The van der Waals surface area contributed by atoms with Crippen LogP contribution in [0, 0.1) is 22.7 Å². The van der Waals surface area contributed by atoms with Crippen LogP contribution < -0.4 is 0 Å². The zero-order chi connectivity index (χ0) is 17.2. The Labute approximate surface area is 144 Å². The lowest BCUT2D eigenvalue weighted by atomic mass is 9.45. The van der Waals surface area contributed by atoms with Crippen molar-refractivity contribution in [3.8, 4) is 0 Å². The summed E-state index contributed by atoms with van der Waals surface area (Å²) in [5.74, 6) is 0.850. The monoisotopic (exact) mass is 334 g/mol. The average Bonchev–Trinajstić information content (AvgIpc) is 3.25. The van der Waals surface area contributed by atoms with E-state index in [1.54, 1.807) is 0 Å². The number of carbonyl (C=O) groups is 1. The number of aliphatic hydroxyl groups excluding tert-OH is 1. The lowest BCUT2D eigenvalue weighted by Gasteiger charge is -2.60. The molecule has 134 valence electrons. The standard InChI is InChI=1S/C20H30O4/c1-18(2)6-4-7-19(3)15(18)5-8-20(12-23-20)17(19)14-9-13(11-21)10-16(22)24-14/h9,11,14-17,22H,4-8,10,12H2,1-3H3/t14-,15-,16+,17+,19-,20+/m0/s1. The van der Waals surface area contributed by atoms with Crippen molar-refractivity contribution >= 4 is 6.29 Å². The summed E-state index contributed by atoms with van der Waals surface area (Å²) in [5, 5.41) is 10.1. The second-order valence-electron chi connectivity index (χ2n) is 9.39. The van der Waals surface area contributed by atoms with Crippen LogP contribution in [0.4, 0.5) is 0 Å². The highest BCUT2D eigenvalue weighted by molar-refractivity contribution is 5.73. The molecule has 1 spiro atoms. The first-order valence-corrected chi connectivity index (χ1v) is 9.44. The van der Waals surface area contributed by atoms with Crippen LogP contribution in [-0.4, -0.2) is 36.0 Å². The highest BCUT2D eigenvalue weighted by atomic mass is 16.6. The van der Waals surface area contributed by atoms with Gasteiger partial charge in [0, 0.05) is 12.3 Å². The van der Waals surface area contributed by atoms with Crippen LogP contribution in [0.2, 0.25) is 0 Å². The normalized spacial score (nSPS) is 50.1. The molecule has 4 rings (SSSR count). The van der Waals surface area contributed by atoms with E-state index in [9.17, 15) is 9.90 Å². The van der Waals surface area contributed by atoms with E-state index >= 15 is 0 Å². The van der Waals surface area contributed by atoms with Gasteiger partial charge in [-0.3, -0.25) is 4.79 Å². The Morgan fingerprint density at radius 2 is 2.00 bits per heavy atom. The van der Waals surface area contributed by atoms with Crippen LogP contribution in [0.1, 0.15) is 59.3 Å². The number of carbonyl (C=O) groups excluding carboxylic acids is 1. The fraction of sp³-hybridized carbons (Fsp3) is 0.850. The maximum absolute atomic E-state index is 11.3. The highest BCUT2D eigenvalue weighted by Gasteiger charge is 2.67. The Balaban J connectivity index is 1.74. The maximum atomic E-state index is 11.3. The van der Waals surface area contributed by atoms with E-state index in [0.717, 1.165) is 19.3 Å². The number of hydrogen-bond donors (Lipinski definition) is 1. The molecular formula is C20H30O4. The number of aliphatic hydroxyl groups is 1. The van der Waals surface area contributed by atoms with Gasteiger partial charge in [0.1, 0.15) is 6.29 Å². The molecule has 6 atom stereocenters. The number of aldehydes is 1. The van der Waals surface area contributed by atoms with Gasteiger partial charge < -0.3 is 14.6 Å². The van der Waals surface area contributed by atoms with Crippen molar-refractivity contribution < 1.29 is 19.4 Å². The van der Waals surface area contributed by atoms with E-state index in [0.29, 0.717) is 23.3 Å². The van der Waals surface area contributed by atoms with E-state index < -0.39 is 6.29 Å². The number of epoxide rings is 1. The van der Waals surface area contributed by atoms with Gasteiger partial charge in [-0.1, -0.05) is 27.2 Å². The Hall–Kier alpha value is -0.710. The maximum Gasteiger partial charge on any atom is 0.159 e. The molecule has 0 aromatic carbocycles. The summed E-state index contributed by atoms with van der Waals surface area (Å²) in [6.45, 7) is 8.01. The van der Waals surface area contributed by atoms with Gasteiger partial charge in [-0.05, 0) is 54.1 Å². The molecule has 0 amide bonds. The molecule has 0 aromatic rings. The molecular weight excluding hydrogens is 304 g/mol. The van der Waals surface area contributed by atoms with Crippen molar-refractivity contribution in [2.75, 3.05) is 6.61 Å². The van der Waals surface area contributed by atoms with Gasteiger partial charge in [0.2, 0.25) is 0 Å². The summed E-state index contributed by atoms with van der Waals surface area (Å²) >= 11 is 0. The first-order chi connectivity index (χ1) is 11.3. The molecule has 2 heterocycles. The van der Waals surface area contributed by atoms with Gasteiger partial charge in [-0.2, -0.15) is 0 Å². The van der Waals surface area contributed by atoms with E-state index in [1.165, 1.54) is 25.7 Å². The number of hydrogen-bond acceptors (Lipinski definition) is 4. The minimum absolute atomic E-state index is 0.106. The zero-order valence-corrected chi connectivity index (χ0v) is 15.1. The summed E-state index contributed by atoms with van der Waals surface area (Å²) in [6.07, 6.45) is 7.98. The van der Waals surface area contributed by atoms with E-state index in [1.807, 2.05) is 6.08 Å². The third kappa shape index (κ3) is 2.41. The van der Waals surface area contributed by atoms with Crippen LogP contribution in [0.3, 0.4) is 0 Å². The predicted octanol–water partition coefficient (Wildman–Crippen LogP) is 3.23. The van der Waals surface area contributed by atoms with Crippen molar-refractivity contribution in [1.82, 2.24) is 0 Å². The van der Waals surface area contributed by atoms with Crippen LogP contribution in [0.15, 0.2) is 11.6 Å². The van der Waals surface area contributed by atoms with Crippen LogP contribution in [0.25, 0.3) is 0 Å². The largest absolute Gasteiger partial charge is 0.369 e. The van der Waals surface area contributed by atoms with Gasteiger partial charge in [0.05, 0.1) is 18.3 Å². The fourth-order valence-corrected chi connectivity index (χ4v) is 6.51. The Bertz CT molecular complexity index is 562. The quantitative estimate of drug-likeness (QED) is 0.622. The highest BCUT2D eigenvalue weighted by Crippen LogP contribution is 2.66. The number of fused-ring (bicyclic) bond motifs is 1. The van der Waals surface area contributed by atoms with E-state index in [2.05, 4.69) is 20.8 Å². The molecule has 2 saturated carbocycles. The summed E-state index contributed by atoms with van der Waals surface area (Å²) < 4.78 is 12.0. The summed E-state index contributed by atoms with van der Waals surface area (Å²) in [4.78, 5) is 11.3. The molecule has 2 aliphatic heterocycles. The topological polar surface area (TPSA) is 59.1 Å². The SMILES string of the molecule is CC1(C)CCC[C@@]2(C)[C@H]1CC[C@@]1(CO1)[C@@H]2[C@@H]1C=C(C=O)C[C@H](O)O1. The van der Waals surface area contributed by atoms with E-state index in [4.69, 9.17) is 9.47 Å². The molecule has 0 aromatic heterocycles. The lowest BCUT2D eigenvalue weighted by Crippen LogP contribution is -2.59. The van der Waals surface area contributed by atoms with Crippen LogP contribution >= 0.6 is 0 Å². The van der Waals surface area contributed by atoms with Crippen molar-refractivity contribution in [2.24, 2.45) is 22.7 Å². The third-order valence-corrected chi connectivity index (χ3v) is 7.51. The number of rotatable bonds is 2. The molecule has 24 heavy (non-hydrogen) atoms. The molecule has 2 aliphatic carbocycles. The summed E-state index contributed by atoms with van der Waals surface area (Å²) in [6, 6.07) is 0. The molecule has 1 N–H and O–H groups in total. The van der Waals surface area contributed by atoms with Crippen molar-refractivity contribution in [2.45, 2.75) is 77.3 Å². The predicted molar refractivity (Wildman–Crippen MR) is 90.3 cm³/mol. The molecule has 4 nitrogen and oxygen atoms in total. The molecule has 4 aliphatic rings. The summed E-state index contributed by atoms with van der Waals surface area (Å²) in [5.41, 5.74) is 1.01. The van der Waals surface area contributed by atoms with Gasteiger partial charge >= 0.3 is 0 Å². The first-order valence-electron chi connectivity index (χ1n) is 9.44. The molecule has 0 radical (unpaired) electrons. The Kier molecular flexibility index (Phi) is 3.76. The van der Waals surface area contributed by atoms with Gasteiger partial charge in [0.15, 0.2) is 6.29 Å². The Morgan fingerprint density at radius 1 is 1.25 bits per heavy atom. The smallest absolute Gasteiger partial charge is 0.159 e. The van der Waals surface area contributed by atoms with Crippen molar-refractivity contribution in [3.05, 3.63) is 11.6 Å². The van der Waals surface area contributed by atoms with Crippen molar-refractivity contribution in [1.29, 1.82) is 0 Å². The number of ether oxygens (including phenoxy) is 2. The third-order valence-electron chi connectivity index (χ3n) is 7.51. The minimum Gasteiger partial charge on any atom is -0.369 e. The minimum atomic E-state index is -0.878. The van der Waals surface area contributed by atoms with E-state index in [-0.39, 0.29) is 23.0 Å². The average molecular weight is 334 g/mol. The summed E-state index contributed by atoms with van der Waals surface area (Å²) in [7, 11) is 0. The fourth-order valence-electron chi connectivity index (χ4n) is 6.51. The Morgan fingerprint density at radius 3 is 2.67 bits per heavy atom. The molecule has 3 fully saturated rings. The zero-order valence-electron chi connectivity index (χ0n) is 15.1. The second kappa shape index (κ2) is 5.39. The molecule has 1 saturated heterocycles. The van der Waals surface area contributed by atoms with Crippen LogP contribution in [-0.2, 0) is 14.3 Å². The molecule has 0 bridgehead atoms.